The first-order valence-electron chi connectivity index (χ1n) is 7.08. The van der Waals surface area contributed by atoms with Crippen molar-refractivity contribution in [3.63, 3.8) is 0 Å². The van der Waals surface area contributed by atoms with Gasteiger partial charge in [-0.25, -0.2) is 0 Å². The lowest BCUT2D eigenvalue weighted by molar-refractivity contribution is 0.326. The number of nitriles is 1. The van der Waals surface area contributed by atoms with E-state index in [2.05, 4.69) is 12.6 Å². The second kappa shape index (κ2) is 8.44. The molecule has 2 aromatic carbocycles. The summed E-state index contributed by atoms with van der Waals surface area (Å²) >= 11 is 12.2. The highest BCUT2D eigenvalue weighted by Gasteiger charge is 2.12. The van der Waals surface area contributed by atoms with Crippen molar-refractivity contribution < 1.29 is 9.47 Å². The number of hydrogen-bond acceptors (Lipinski definition) is 3. The van der Waals surface area contributed by atoms with Gasteiger partial charge in [-0.3, -0.25) is 0 Å². The Hall–Kier alpha value is -2.41. The fourth-order valence-corrected chi connectivity index (χ4v) is 2.48. The van der Waals surface area contributed by atoms with Crippen LogP contribution < -0.4 is 9.47 Å². The zero-order chi connectivity index (χ0) is 17.5. The fourth-order valence-electron chi connectivity index (χ4n) is 2.08. The molecule has 0 heterocycles. The predicted molar refractivity (Wildman–Crippen MR) is 98.6 cm³/mol. The van der Waals surface area contributed by atoms with Crippen LogP contribution in [0.25, 0.3) is 11.6 Å². The van der Waals surface area contributed by atoms with E-state index in [-0.39, 0.29) is 0 Å². The number of allylic oxidation sites excluding steroid dienone is 1. The van der Waals surface area contributed by atoms with Gasteiger partial charge in [-0.05, 0) is 41.5 Å². The Bertz CT molecular complexity index is 805. The highest BCUT2D eigenvalue weighted by atomic mass is 35.5. The van der Waals surface area contributed by atoms with E-state index < -0.39 is 0 Å². The van der Waals surface area contributed by atoms with E-state index in [0.717, 1.165) is 11.1 Å². The molecule has 0 aliphatic carbocycles. The summed E-state index contributed by atoms with van der Waals surface area (Å²) in [4.78, 5) is 0. The van der Waals surface area contributed by atoms with Crippen LogP contribution in [0, 0.1) is 11.3 Å². The quantitative estimate of drug-likeness (QED) is 0.381. The molecule has 0 fully saturated rings. The van der Waals surface area contributed by atoms with Gasteiger partial charge in [0.25, 0.3) is 0 Å². The summed E-state index contributed by atoms with van der Waals surface area (Å²) in [5, 5.41) is 10.4. The molecule has 0 radical (unpaired) electrons. The third kappa shape index (κ3) is 4.32. The van der Waals surface area contributed by atoms with Crippen molar-refractivity contribution in [2.45, 2.75) is 0 Å². The summed E-state index contributed by atoms with van der Waals surface area (Å²) in [6.45, 7) is 3.92. The topological polar surface area (TPSA) is 42.2 Å². The first-order valence-corrected chi connectivity index (χ1v) is 7.83. The molecule has 0 saturated carbocycles. The minimum atomic E-state index is 0.319. The average Bonchev–Trinajstić information content (AvgIpc) is 2.59. The standard InChI is InChI=1S/C19H15Cl2NO2/c1-3-8-24-19-17(21)10-13(11-18(19)23-2)9-15(12-22)14-4-6-16(20)7-5-14/h3-7,9-11H,1,8H2,2H3/b15-9+. The highest BCUT2D eigenvalue weighted by Crippen LogP contribution is 2.37. The van der Waals surface area contributed by atoms with E-state index in [1.54, 1.807) is 48.6 Å². The molecule has 24 heavy (non-hydrogen) atoms. The zero-order valence-electron chi connectivity index (χ0n) is 13.1. The largest absolute Gasteiger partial charge is 0.493 e. The van der Waals surface area contributed by atoms with Crippen LogP contribution >= 0.6 is 23.2 Å². The zero-order valence-corrected chi connectivity index (χ0v) is 14.6. The fraction of sp³-hybridized carbons (Fsp3) is 0.105. The van der Waals surface area contributed by atoms with Crippen LogP contribution in [0.4, 0.5) is 0 Å². The van der Waals surface area contributed by atoms with Gasteiger partial charge in [0.2, 0.25) is 0 Å². The van der Waals surface area contributed by atoms with Crippen LogP contribution in [0.2, 0.25) is 10.0 Å². The van der Waals surface area contributed by atoms with Gasteiger partial charge in [0.05, 0.1) is 23.8 Å². The number of rotatable bonds is 6. The lowest BCUT2D eigenvalue weighted by Gasteiger charge is -2.12. The van der Waals surface area contributed by atoms with E-state index in [1.807, 2.05) is 0 Å². The van der Waals surface area contributed by atoms with Crippen LogP contribution in [0.1, 0.15) is 11.1 Å². The normalized spacial score (nSPS) is 10.8. The van der Waals surface area contributed by atoms with Crippen molar-refractivity contribution in [1.29, 1.82) is 5.26 Å². The molecule has 3 nitrogen and oxygen atoms in total. The molecule has 122 valence electrons. The number of ether oxygens (including phenoxy) is 2. The summed E-state index contributed by atoms with van der Waals surface area (Å²) < 4.78 is 10.8. The molecule has 0 aromatic heterocycles. The van der Waals surface area contributed by atoms with Crippen molar-refractivity contribution in [3.8, 4) is 17.6 Å². The van der Waals surface area contributed by atoms with Gasteiger partial charge in [-0.15, -0.1) is 0 Å². The second-order valence-electron chi connectivity index (χ2n) is 4.81. The molecular formula is C19H15Cl2NO2. The number of benzene rings is 2. The summed E-state index contributed by atoms with van der Waals surface area (Å²) in [5.41, 5.74) is 1.99. The number of halogens is 2. The maximum atomic E-state index is 9.43. The van der Waals surface area contributed by atoms with Gasteiger partial charge >= 0.3 is 0 Å². The third-order valence-corrected chi connectivity index (χ3v) is 3.72. The Balaban J connectivity index is 2.43. The van der Waals surface area contributed by atoms with E-state index in [0.29, 0.717) is 33.7 Å². The van der Waals surface area contributed by atoms with Gasteiger partial charge in [0.15, 0.2) is 11.5 Å². The molecule has 0 aliphatic heterocycles. The van der Waals surface area contributed by atoms with Crippen molar-refractivity contribution >= 4 is 34.9 Å². The number of nitrogens with zero attached hydrogens (tertiary/aromatic N) is 1. The van der Waals surface area contributed by atoms with E-state index in [1.165, 1.54) is 7.11 Å². The minimum absolute atomic E-state index is 0.319. The van der Waals surface area contributed by atoms with Crippen LogP contribution in [0.3, 0.4) is 0 Å². The van der Waals surface area contributed by atoms with Crippen LogP contribution in [-0.4, -0.2) is 13.7 Å². The van der Waals surface area contributed by atoms with Gasteiger partial charge in [0, 0.05) is 5.02 Å². The van der Waals surface area contributed by atoms with Crippen LogP contribution in [-0.2, 0) is 0 Å². The first kappa shape index (κ1) is 17.9. The number of hydrogen-bond donors (Lipinski definition) is 0. The lowest BCUT2D eigenvalue weighted by Crippen LogP contribution is -1.97. The summed E-state index contributed by atoms with van der Waals surface area (Å²) in [7, 11) is 1.53. The number of methoxy groups -OCH3 is 1. The SMILES string of the molecule is C=CCOc1c(Cl)cc(/C=C(\C#N)c2ccc(Cl)cc2)cc1OC. The van der Waals surface area contributed by atoms with Crippen molar-refractivity contribution in [1.82, 2.24) is 0 Å². The molecule has 5 heteroatoms. The predicted octanol–water partition coefficient (Wildman–Crippen LogP) is 5.63. The van der Waals surface area contributed by atoms with E-state index in [9.17, 15) is 5.26 Å². The molecule has 0 bridgehead atoms. The van der Waals surface area contributed by atoms with Gasteiger partial charge < -0.3 is 9.47 Å². The summed E-state index contributed by atoms with van der Waals surface area (Å²) in [5.74, 6) is 0.935. The van der Waals surface area contributed by atoms with E-state index >= 15 is 0 Å². The highest BCUT2D eigenvalue weighted by molar-refractivity contribution is 6.32. The summed E-state index contributed by atoms with van der Waals surface area (Å²) in [6.07, 6.45) is 3.35. The second-order valence-corrected chi connectivity index (χ2v) is 5.65. The average molecular weight is 360 g/mol. The summed E-state index contributed by atoms with van der Waals surface area (Å²) in [6, 6.07) is 12.7. The van der Waals surface area contributed by atoms with Gasteiger partial charge in [0.1, 0.15) is 6.61 Å². The molecule has 0 spiro atoms. The molecule has 0 saturated heterocycles. The van der Waals surface area contributed by atoms with E-state index in [4.69, 9.17) is 32.7 Å². The molecule has 0 unspecified atom stereocenters. The Kier molecular flexibility index (Phi) is 6.31. The molecule has 2 aromatic rings. The lowest BCUT2D eigenvalue weighted by atomic mass is 10.0. The van der Waals surface area contributed by atoms with Gasteiger partial charge in [-0.2, -0.15) is 5.26 Å². The molecular weight excluding hydrogens is 345 g/mol. The third-order valence-electron chi connectivity index (χ3n) is 3.18. The Morgan fingerprint density at radius 1 is 1.25 bits per heavy atom. The molecule has 0 atom stereocenters. The Morgan fingerprint density at radius 2 is 1.96 bits per heavy atom. The maximum Gasteiger partial charge on any atom is 0.180 e. The molecule has 0 amide bonds. The van der Waals surface area contributed by atoms with Crippen molar-refractivity contribution in [3.05, 3.63) is 70.2 Å². The Labute approximate surface area is 151 Å². The monoisotopic (exact) mass is 359 g/mol. The maximum absolute atomic E-state index is 9.43. The van der Waals surface area contributed by atoms with Crippen LogP contribution in [0.15, 0.2) is 49.1 Å². The smallest absolute Gasteiger partial charge is 0.180 e. The Morgan fingerprint density at radius 3 is 2.54 bits per heavy atom. The van der Waals surface area contributed by atoms with Crippen molar-refractivity contribution in [2.75, 3.05) is 13.7 Å². The van der Waals surface area contributed by atoms with Gasteiger partial charge in [-0.1, -0.05) is 48.0 Å². The van der Waals surface area contributed by atoms with Crippen LogP contribution in [0.5, 0.6) is 11.5 Å². The van der Waals surface area contributed by atoms with Crippen molar-refractivity contribution in [2.24, 2.45) is 0 Å². The minimum Gasteiger partial charge on any atom is -0.493 e. The molecule has 0 N–H and O–H groups in total. The first-order chi connectivity index (χ1) is 11.6. The molecule has 0 aliphatic rings. The molecule has 2 rings (SSSR count).